The van der Waals surface area contributed by atoms with E-state index in [0.29, 0.717) is 11.8 Å². The monoisotopic (exact) mass is 238 g/mol. The van der Waals surface area contributed by atoms with Gasteiger partial charge in [0.25, 0.3) is 0 Å². The van der Waals surface area contributed by atoms with Gasteiger partial charge in [0.05, 0.1) is 23.9 Å². The second kappa shape index (κ2) is 4.76. The van der Waals surface area contributed by atoms with Crippen molar-refractivity contribution in [1.82, 2.24) is 15.2 Å². The molecule has 0 bridgehead atoms. The van der Waals surface area contributed by atoms with Crippen molar-refractivity contribution >= 4 is 0 Å². The smallest absolute Gasteiger partial charge is 0.0685 e. The number of rotatable bonds is 3. The van der Waals surface area contributed by atoms with E-state index in [0.717, 1.165) is 5.69 Å². The molecule has 2 rings (SSSR count). The molecule has 17 heavy (non-hydrogen) atoms. The minimum atomic E-state index is 0.0810. The van der Waals surface area contributed by atoms with Crippen LogP contribution in [0.15, 0.2) is 12.3 Å². The Morgan fingerprint density at radius 2 is 2.12 bits per heavy atom. The van der Waals surface area contributed by atoms with Crippen LogP contribution < -0.4 is 11.3 Å². The van der Waals surface area contributed by atoms with Crippen LogP contribution in [-0.2, 0) is 11.8 Å². The fraction of sp³-hybridized carbons (Fsp3) is 0.750. The highest BCUT2D eigenvalue weighted by molar-refractivity contribution is 5.10. The molecule has 0 aliphatic carbocycles. The van der Waals surface area contributed by atoms with Gasteiger partial charge in [-0.05, 0) is 25.8 Å². The zero-order valence-electron chi connectivity index (χ0n) is 10.9. The number of aromatic nitrogens is 2. The van der Waals surface area contributed by atoms with Gasteiger partial charge in [-0.2, -0.15) is 5.10 Å². The number of hydrazine groups is 1. The zero-order valence-corrected chi connectivity index (χ0v) is 10.9. The molecular weight excluding hydrogens is 216 g/mol. The molecule has 5 atom stereocenters. The summed E-state index contributed by atoms with van der Waals surface area (Å²) in [6.45, 7) is 6.46. The summed E-state index contributed by atoms with van der Waals surface area (Å²) < 4.78 is 7.75. The molecule has 1 aromatic rings. The molecule has 0 spiro atoms. The van der Waals surface area contributed by atoms with Gasteiger partial charge < -0.3 is 4.74 Å². The van der Waals surface area contributed by atoms with E-state index in [2.05, 4.69) is 31.3 Å². The minimum absolute atomic E-state index is 0.0810. The summed E-state index contributed by atoms with van der Waals surface area (Å²) in [7, 11) is 1.94. The lowest BCUT2D eigenvalue weighted by Gasteiger charge is -2.28. The Morgan fingerprint density at radius 3 is 2.53 bits per heavy atom. The largest absolute Gasteiger partial charge is 0.375 e. The van der Waals surface area contributed by atoms with E-state index < -0.39 is 0 Å². The molecule has 96 valence electrons. The maximum atomic E-state index is 5.88. The molecule has 0 saturated carbocycles. The average Bonchev–Trinajstić information content (AvgIpc) is 2.79. The van der Waals surface area contributed by atoms with Crippen molar-refractivity contribution in [2.45, 2.75) is 39.0 Å². The first kappa shape index (κ1) is 12.5. The second-order valence-corrected chi connectivity index (χ2v) is 5.01. The van der Waals surface area contributed by atoms with E-state index in [1.807, 2.05) is 17.8 Å². The van der Waals surface area contributed by atoms with Gasteiger partial charge in [0, 0.05) is 19.2 Å². The molecular formula is C12H22N4O. The van der Waals surface area contributed by atoms with E-state index in [1.54, 1.807) is 6.20 Å². The maximum absolute atomic E-state index is 5.88. The highest BCUT2D eigenvalue weighted by Crippen LogP contribution is 2.39. The topological polar surface area (TPSA) is 65.1 Å². The molecule has 5 unspecified atom stereocenters. The molecule has 1 saturated heterocycles. The van der Waals surface area contributed by atoms with Crippen LogP contribution in [0.3, 0.4) is 0 Å². The van der Waals surface area contributed by atoms with Gasteiger partial charge in [-0.15, -0.1) is 0 Å². The van der Waals surface area contributed by atoms with Crippen LogP contribution in [0.2, 0.25) is 0 Å². The van der Waals surface area contributed by atoms with Gasteiger partial charge in [-0.1, -0.05) is 6.92 Å². The normalized spacial score (nSPS) is 35.1. The number of nitrogens with two attached hydrogens (primary N) is 1. The molecule has 0 amide bonds. The Kier molecular flexibility index (Phi) is 3.51. The van der Waals surface area contributed by atoms with Crippen molar-refractivity contribution < 1.29 is 4.74 Å². The molecule has 1 fully saturated rings. The summed E-state index contributed by atoms with van der Waals surface area (Å²) in [5.41, 5.74) is 4.03. The third kappa shape index (κ3) is 2.10. The molecule has 5 nitrogen and oxygen atoms in total. The van der Waals surface area contributed by atoms with Crippen LogP contribution in [0.25, 0.3) is 0 Å². The highest BCUT2D eigenvalue weighted by Gasteiger charge is 2.42. The summed E-state index contributed by atoms with van der Waals surface area (Å²) in [4.78, 5) is 0. The van der Waals surface area contributed by atoms with Crippen LogP contribution in [0.5, 0.6) is 0 Å². The summed E-state index contributed by atoms with van der Waals surface area (Å²) >= 11 is 0. The van der Waals surface area contributed by atoms with Gasteiger partial charge in [-0.3, -0.25) is 16.0 Å². The van der Waals surface area contributed by atoms with Crippen molar-refractivity contribution in [2.75, 3.05) is 0 Å². The van der Waals surface area contributed by atoms with Crippen LogP contribution >= 0.6 is 0 Å². The molecule has 5 heteroatoms. The number of hydrogen-bond donors (Lipinski definition) is 2. The van der Waals surface area contributed by atoms with Crippen LogP contribution in [-0.4, -0.2) is 22.0 Å². The first-order chi connectivity index (χ1) is 8.06. The summed E-state index contributed by atoms with van der Waals surface area (Å²) in [6, 6.07) is 2.09. The molecule has 0 aromatic carbocycles. The van der Waals surface area contributed by atoms with Crippen molar-refractivity contribution in [1.29, 1.82) is 0 Å². The Labute approximate surface area is 102 Å². The maximum Gasteiger partial charge on any atom is 0.0685 e. The fourth-order valence-electron chi connectivity index (χ4n) is 2.95. The predicted octanol–water partition coefficient (Wildman–Crippen LogP) is 0.984. The number of nitrogens with zero attached hydrogens (tertiary/aromatic N) is 2. The van der Waals surface area contributed by atoms with Gasteiger partial charge in [0.2, 0.25) is 0 Å². The molecule has 3 N–H and O–H groups in total. The lowest BCUT2D eigenvalue weighted by atomic mass is 9.82. The lowest BCUT2D eigenvalue weighted by molar-refractivity contribution is 0.0471. The number of nitrogens with one attached hydrogen (secondary N) is 1. The van der Waals surface area contributed by atoms with Crippen molar-refractivity contribution in [3.8, 4) is 0 Å². The first-order valence-electron chi connectivity index (χ1n) is 6.15. The zero-order chi connectivity index (χ0) is 12.6. The van der Waals surface area contributed by atoms with E-state index in [1.165, 1.54) is 0 Å². The summed E-state index contributed by atoms with van der Waals surface area (Å²) in [6.07, 6.45) is 2.28. The van der Waals surface area contributed by atoms with E-state index in [4.69, 9.17) is 10.6 Å². The standard InChI is InChI=1S/C12H22N4O/c1-7-8(2)17-9(3)11(7)12(15-13)10-5-6-14-16(10)4/h5-9,11-12,15H,13H2,1-4H3. The van der Waals surface area contributed by atoms with Crippen molar-refractivity contribution in [3.63, 3.8) is 0 Å². The molecule has 1 aliphatic heterocycles. The molecule has 1 aliphatic rings. The van der Waals surface area contributed by atoms with Crippen LogP contribution in [0, 0.1) is 11.8 Å². The highest BCUT2D eigenvalue weighted by atomic mass is 16.5. The third-order valence-corrected chi connectivity index (χ3v) is 4.06. The average molecular weight is 238 g/mol. The second-order valence-electron chi connectivity index (χ2n) is 5.01. The van der Waals surface area contributed by atoms with Gasteiger partial charge >= 0.3 is 0 Å². The van der Waals surface area contributed by atoms with Crippen molar-refractivity contribution in [2.24, 2.45) is 24.7 Å². The quantitative estimate of drug-likeness (QED) is 0.608. The Bertz CT molecular complexity index is 378. The number of ether oxygens (including phenoxy) is 1. The van der Waals surface area contributed by atoms with Gasteiger partial charge in [-0.25, -0.2) is 0 Å². The summed E-state index contributed by atoms with van der Waals surface area (Å²) in [5.74, 6) is 6.58. The minimum Gasteiger partial charge on any atom is -0.375 e. The van der Waals surface area contributed by atoms with Crippen LogP contribution in [0.4, 0.5) is 0 Å². The Morgan fingerprint density at radius 1 is 1.41 bits per heavy atom. The molecule has 2 heterocycles. The van der Waals surface area contributed by atoms with E-state index in [-0.39, 0.29) is 18.2 Å². The molecule has 1 aromatic heterocycles. The van der Waals surface area contributed by atoms with Gasteiger partial charge in [0.1, 0.15) is 0 Å². The van der Waals surface area contributed by atoms with E-state index in [9.17, 15) is 0 Å². The number of aryl methyl sites for hydroxylation is 1. The summed E-state index contributed by atoms with van der Waals surface area (Å²) in [5, 5.41) is 4.21. The SMILES string of the molecule is CC1OC(C)C(C(NN)c2ccnn2C)C1C. The van der Waals surface area contributed by atoms with E-state index >= 15 is 0 Å². The fourth-order valence-corrected chi connectivity index (χ4v) is 2.95. The van der Waals surface area contributed by atoms with Crippen LogP contribution in [0.1, 0.15) is 32.5 Å². The molecule has 0 radical (unpaired) electrons. The third-order valence-electron chi connectivity index (χ3n) is 4.06. The number of hydrogen-bond acceptors (Lipinski definition) is 4. The lowest BCUT2D eigenvalue weighted by Crippen LogP contribution is -2.39. The Hall–Kier alpha value is -0.910. The Balaban J connectivity index is 2.27. The first-order valence-corrected chi connectivity index (χ1v) is 6.15. The van der Waals surface area contributed by atoms with Crippen molar-refractivity contribution in [3.05, 3.63) is 18.0 Å². The van der Waals surface area contributed by atoms with Gasteiger partial charge in [0.15, 0.2) is 0 Å². The predicted molar refractivity (Wildman–Crippen MR) is 65.9 cm³/mol.